The summed E-state index contributed by atoms with van der Waals surface area (Å²) in [5, 5.41) is 13.5. The Morgan fingerprint density at radius 3 is 3.05 bits per heavy atom. The van der Waals surface area contributed by atoms with Gasteiger partial charge < -0.3 is 20.1 Å². The summed E-state index contributed by atoms with van der Waals surface area (Å²) in [5.41, 5.74) is 2.19. The lowest BCUT2D eigenvalue weighted by Crippen LogP contribution is -2.32. The van der Waals surface area contributed by atoms with E-state index in [0.717, 1.165) is 48.7 Å². The molecule has 0 spiro atoms. The zero-order valence-corrected chi connectivity index (χ0v) is 12.7. The fourth-order valence-corrected chi connectivity index (χ4v) is 2.95. The summed E-state index contributed by atoms with van der Waals surface area (Å²) < 4.78 is 5.00. The van der Waals surface area contributed by atoms with Crippen molar-refractivity contribution in [2.45, 2.75) is 25.4 Å². The number of rotatable bonds is 7. The Morgan fingerprint density at radius 2 is 2.35 bits per heavy atom. The number of hydrogen-bond donors (Lipinski definition) is 2. The number of anilines is 1. The van der Waals surface area contributed by atoms with E-state index in [2.05, 4.69) is 22.3 Å². The minimum atomic E-state index is 0.191. The molecule has 20 heavy (non-hydrogen) atoms. The van der Waals surface area contributed by atoms with Crippen molar-refractivity contribution in [3.8, 4) is 0 Å². The fraction of sp³-hybridized carbons (Fsp3) is 0.600. The highest BCUT2D eigenvalue weighted by Crippen LogP contribution is 2.32. The van der Waals surface area contributed by atoms with Gasteiger partial charge in [0.1, 0.15) is 0 Å². The van der Waals surface area contributed by atoms with E-state index in [1.807, 2.05) is 6.07 Å². The molecule has 0 amide bonds. The van der Waals surface area contributed by atoms with Gasteiger partial charge in [-0.3, -0.25) is 0 Å². The van der Waals surface area contributed by atoms with Crippen LogP contribution in [0, 0.1) is 0 Å². The number of nitrogens with one attached hydrogen (secondary N) is 1. The fourth-order valence-electron chi connectivity index (χ4n) is 2.64. The molecule has 1 saturated heterocycles. The van der Waals surface area contributed by atoms with Crippen molar-refractivity contribution in [1.29, 1.82) is 0 Å². The van der Waals surface area contributed by atoms with Crippen LogP contribution in [0.4, 0.5) is 5.69 Å². The van der Waals surface area contributed by atoms with Gasteiger partial charge in [0.25, 0.3) is 0 Å². The number of halogens is 1. The Hall–Kier alpha value is -0.810. The molecule has 0 aromatic heterocycles. The van der Waals surface area contributed by atoms with Crippen molar-refractivity contribution >= 4 is 17.3 Å². The molecule has 1 fully saturated rings. The third-order valence-corrected chi connectivity index (χ3v) is 4.02. The van der Waals surface area contributed by atoms with E-state index in [1.54, 1.807) is 7.11 Å². The second-order valence-corrected chi connectivity index (χ2v) is 5.53. The summed E-state index contributed by atoms with van der Waals surface area (Å²) in [7, 11) is 1.70. The lowest BCUT2D eigenvalue weighted by Gasteiger charge is -2.26. The van der Waals surface area contributed by atoms with Crippen molar-refractivity contribution in [3.05, 3.63) is 28.8 Å². The predicted octanol–water partition coefficient (Wildman–Crippen LogP) is 2.04. The normalized spacial score (nSPS) is 18.8. The van der Waals surface area contributed by atoms with E-state index in [0.29, 0.717) is 6.61 Å². The molecule has 1 unspecified atom stereocenters. The van der Waals surface area contributed by atoms with E-state index >= 15 is 0 Å². The van der Waals surface area contributed by atoms with E-state index < -0.39 is 0 Å². The first-order chi connectivity index (χ1) is 9.76. The van der Waals surface area contributed by atoms with Gasteiger partial charge in [-0.05, 0) is 30.5 Å². The average molecular weight is 299 g/mol. The third kappa shape index (κ3) is 3.85. The molecule has 5 heteroatoms. The minimum absolute atomic E-state index is 0.191. The first kappa shape index (κ1) is 15.6. The van der Waals surface area contributed by atoms with Crippen LogP contribution in [0.15, 0.2) is 18.2 Å². The van der Waals surface area contributed by atoms with Crippen molar-refractivity contribution < 1.29 is 9.84 Å². The molecule has 0 aliphatic carbocycles. The molecule has 1 aliphatic heterocycles. The molecule has 1 aromatic carbocycles. The number of nitrogens with zero attached hydrogens (tertiary/aromatic N) is 1. The van der Waals surface area contributed by atoms with Crippen molar-refractivity contribution in [1.82, 2.24) is 5.32 Å². The summed E-state index contributed by atoms with van der Waals surface area (Å²) in [6.45, 7) is 3.48. The second kappa shape index (κ2) is 7.84. The topological polar surface area (TPSA) is 44.7 Å². The van der Waals surface area contributed by atoms with Gasteiger partial charge in [-0.25, -0.2) is 0 Å². The van der Waals surface area contributed by atoms with Crippen LogP contribution in [-0.4, -0.2) is 44.6 Å². The van der Waals surface area contributed by atoms with Crippen LogP contribution >= 0.6 is 11.6 Å². The number of benzene rings is 1. The zero-order chi connectivity index (χ0) is 14.4. The summed E-state index contributed by atoms with van der Waals surface area (Å²) in [4.78, 5) is 2.21. The third-order valence-electron chi connectivity index (χ3n) is 3.72. The number of aliphatic hydroxyl groups is 1. The molecule has 2 N–H and O–H groups in total. The maximum Gasteiger partial charge on any atom is 0.0642 e. The Morgan fingerprint density at radius 1 is 1.50 bits per heavy atom. The van der Waals surface area contributed by atoms with Crippen molar-refractivity contribution in [3.63, 3.8) is 0 Å². The molecule has 1 atom stereocenters. The van der Waals surface area contributed by atoms with Crippen LogP contribution in [0.2, 0.25) is 5.02 Å². The van der Waals surface area contributed by atoms with Crippen LogP contribution in [0.1, 0.15) is 18.4 Å². The minimum Gasteiger partial charge on any atom is -0.394 e. The zero-order valence-electron chi connectivity index (χ0n) is 11.9. The van der Waals surface area contributed by atoms with Gasteiger partial charge in [0.05, 0.1) is 30.0 Å². The molecule has 0 saturated carbocycles. The van der Waals surface area contributed by atoms with Crippen LogP contribution in [0.25, 0.3) is 0 Å². The van der Waals surface area contributed by atoms with Gasteiger partial charge in [-0.15, -0.1) is 0 Å². The average Bonchev–Trinajstić information content (AvgIpc) is 2.92. The largest absolute Gasteiger partial charge is 0.394 e. The van der Waals surface area contributed by atoms with E-state index in [1.165, 1.54) is 0 Å². The molecule has 4 nitrogen and oxygen atoms in total. The van der Waals surface area contributed by atoms with Gasteiger partial charge in [-0.1, -0.05) is 17.7 Å². The van der Waals surface area contributed by atoms with Gasteiger partial charge in [0, 0.05) is 26.7 Å². The quantitative estimate of drug-likeness (QED) is 0.756. The Bertz CT molecular complexity index is 428. The summed E-state index contributed by atoms with van der Waals surface area (Å²) >= 11 is 6.40. The number of hydrogen-bond acceptors (Lipinski definition) is 4. The molecule has 2 rings (SSSR count). The Balaban J connectivity index is 1.98. The first-order valence-corrected chi connectivity index (χ1v) is 7.49. The molecule has 1 aromatic rings. The second-order valence-electron chi connectivity index (χ2n) is 5.13. The summed E-state index contributed by atoms with van der Waals surface area (Å²) in [6.07, 6.45) is 2.15. The smallest absolute Gasteiger partial charge is 0.0642 e. The van der Waals surface area contributed by atoms with Crippen LogP contribution in [-0.2, 0) is 11.3 Å². The molecule has 0 bridgehead atoms. The highest BCUT2D eigenvalue weighted by atomic mass is 35.5. The number of methoxy groups -OCH3 is 1. The van der Waals surface area contributed by atoms with Crippen LogP contribution in [0.5, 0.6) is 0 Å². The van der Waals surface area contributed by atoms with E-state index in [-0.39, 0.29) is 12.6 Å². The van der Waals surface area contributed by atoms with E-state index in [9.17, 15) is 5.11 Å². The van der Waals surface area contributed by atoms with Gasteiger partial charge in [-0.2, -0.15) is 0 Å². The highest BCUT2D eigenvalue weighted by molar-refractivity contribution is 6.33. The van der Waals surface area contributed by atoms with Crippen molar-refractivity contribution in [2.24, 2.45) is 0 Å². The summed E-state index contributed by atoms with van der Waals surface area (Å²) in [5.74, 6) is 0. The highest BCUT2D eigenvalue weighted by Gasteiger charge is 2.25. The standard InChI is InChI=1S/C15H23ClN2O2/c1-20-8-6-17-10-12-4-5-15(14(16)9-12)18-7-2-3-13(18)11-19/h4-5,9,13,17,19H,2-3,6-8,10-11H2,1H3. The molecular weight excluding hydrogens is 276 g/mol. The monoisotopic (exact) mass is 298 g/mol. The van der Waals surface area contributed by atoms with E-state index in [4.69, 9.17) is 16.3 Å². The van der Waals surface area contributed by atoms with Crippen LogP contribution in [0.3, 0.4) is 0 Å². The predicted molar refractivity (Wildman–Crippen MR) is 82.5 cm³/mol. The lowest BCUT2D eigenvalue weighted by atomic mass is 10.1. The van der Waals surface area contributed by atoms with Crippen LogP contribution < -0.4 is 10.2 Å². The molecule has 1 aliphatic rings. The lowest BCUT2D eigenvalue weighted by molar-refractivity contribution is 0.199. The molecular formula is C15H23ClN2O2. The van der Waals surface area contributed by atoms with Crippen molar-refractivity contribution in [2.75, 3.05) is 38.3 Å². The van der Waals surface area contributed by atoms with Gasteiger partial charge in [0.15, 0.2) is 0 Å². The van der Waals surface area contributed by atoms with Gasteiger partial charge in [0.2, 0.25) is 0 Å². The number of aliphatic hydroxyl groups excluding tert-OH is 1. The maximum atomic E-state index is 9.40. The Labute approximate surface area is 125 Å². The molecule has 0 radical (unpaired) electrons. The summed E-state index contributed by atoms with van der Waals surface area (Å²) in [6, 6.07) is 6.36. The molecule has 112 valence electrons. The SMILES string of the molecule is COCCNCc1ccc(N2CCCC2CO)c(Cl)c1. The van der Waals surface area contributed by atoms with Gasteiger partial charge >= 0.3 is 0 Å². The number of ether oxygens (including phenoxy) is 1. The Kier molecular flexibility index (Phi) is 6.10. The molecule has 1 heterocycles. The maximum absolute atomic E-state index is 9.40. The first-order valence-electron chi connectivity index (χ1n) is 7.12.